The number of carbonyl (C=O) groups excluding carboxylic acids is 1. The van der Waals surface area contributed by atoms with Gasteiger partial charge in [0.15, 0.2) is 0 Å². The lowest BCUT2D eigenvalue weighted by atomic mass is 10.1. The van der Waals surface area contributed by atoms with Crippen LogP contribution in [-0.2, 0) is 6.18 Å². The fourth-order valence-corrected chi connectivity index (χ4v) is 4.82. The summed E-state index contributed by atoms with van der Waals surface area (Å²) < 4.78 is 41.8. The van der Waals surface area contributed by atoms with Gasteiger partial charge in [0, 0.05) is 35.4 Å². The maximum absolute atomic E-state index is 13.9. The second-order valence-electron chi connectivity index (χ2n) is 7.62. The summed E-state index contributed by atoms with van der Waals surface area (Å²) in [7, 11) is 0. The Morgan fingerprint density at radius 3 is 2.29 bits per heavy atom. The molecule has 0 saturated carbocycles. The van der Waals surface area contributed by atoms with E-state index in [4.69, 9.17) is 5.73 Å². The van der Waals surface area contributed by atoms with Crippen molar-refractivity contribution in [2.45, 2.75) is 20.0 Å². The van der Waals surface area contributed by atoms with Crippen LogP contribution in [0.4, 0.5) is 30.2 Å². The number of anilines is 3. The predicted octanol–water partition coefficient (Wildman–Crippen LogP) is 6.66. The lowest BCUT2D eigenvalue weighted by molar-refractivity contribution is -0.136. The van der Waals surface area contributed by atoms with Crippen molar-refractivity contribution in [2.24, 2.45) is 0 Å². The van der Waals surface area contributed by atoms with Gasteiger partial charge in [-0.25, -0.2) is 4.98 Å². The number of fused-ring (bicyclic) bond motifs is 1. The molecule has 3 N–H and O–H groups in total. The summed E-state index contributed by atoms with van der Waals surface area (Å²) in [6.45, 7) is 5.80. The summed E-state index contributed by atoms with van der Waals surface area (Å²) in [6.07, 6.45) is -4.66. The average molecular weight is 485 g/mol. The number of benzene rings is 2. The number of thiophene rings is 1. The number of halogens is 3. The Morgan fingerprint density at radius 1 is 1.06 bits per heavy atom. The maximum atomic E-state index is 13.9. The lowest BCUT2D eigenvalue weighted by Gasteiger charge is -2.21. The van der Waals surface area contributed by atoms with Crippen LogP contribution in [0.2, 0.25) is 0 Å². The Hall–Kier alpha value is -3.59. The van der Waals surface area contributed by atoms with Crippen LogP contribution in [0.25, 0.3) is 21.5 Å². The highest BCUT2D eigenvalue weighted by atomic mass is 32.1. The number of hydrogen-bond donors (Lipinski definition) is 2. The Bertz CT molecular complexity index is 1310. The zero-order valence-corrected chi connectivity index (χ0v) is 19.4. The van der Waals surface area contributed by atoms with Crippen LogP contribution >= 0.6 is 11.3 Å². The van der Waals surface area contributed by atoms with E-state index in [1.165, 1.54) is 0 Å². The van der Waals surface area contributed by atoms with Crippen LogP contribution in [-0.4, -0.2) is 24.0 Å². The largest absolute Gasteiger partial charge is 0.417 e. The normalized spacial score (nSPS) is 11.6. The number of pyridine rings is 1. The number of aromatic nitrogens is 1. The van der Waals surface area contributed by atoms with E-state index in [0.717, 1.165) is 36.2 Å². The van der Waals surface area contributed by atoms with Crippen LogP contribution in [0.15, 0.2) is 60.7 Å². The van der Waals surface area contributed by atoms with Gasteiger partial charge in [-0.1, -0.05) is 30.3 Å². The minimum absolute atomic E-state index is 0.00830. The first-order valence-corrected chi connectivity index (χ1v) is 11.6. The molecule has 9 heteroatoms. The third-order valence-corrected chi connectivity index (χ3v) is 6.63. The standard InChI is InChI=1S/C25H23F3N4OS/c1-3-32(4-2)17-12-10-16(11-13-17)30-23(33)22-21(29)20-18(25(26,27)28)14-19(31-24(20)34-22)15-8-6-5-7-9-15/h5-14H,3-4,29H2,1-2H3,(H,30,33). The summed E-state index contributed by atoms with van der Waals surface area (Å²) in [5, 5.41) is 2.48. The minimum Gasteiger partial charge on any atom is -0.397 e. The van der Waals surface area contributed by atoms with Crippen molar-refractivity contribution in [3.8, 4) is 11.3 Å². The number of nitrogens with one attached hydrogen (secondary N) is 1. The molecule has 0 atom stereocenters. The molecular formula is C25H23F3N4OS. The highest BCUT2D eigenvalue weighted by Gasteiger charge is 2.36. The first kappa shape index (κ1) is 23.6. The maximum Gasteiger partial charge on any atom is 0.417 e. The molecule has 0 radical (unpaired) electrons. The van der Waals surface area contributed by atoms with E-state index < -0.39 is 17.6 Å². The fraction of sp³-hybridized carbons (Fsp3) is 0.200. The van der Waals surface area contributed by atoms with E-state index in [-0.39, 0.29) is 26.5 Å². The van der Waals surface area contributed by atoms with E-state index in [1.807, 2.05) is 12.1 Å². The van der Waals surface area contributed by atoms with Gasteiger partial charge in [0.1, 0.15) is 9.71 Å². The molecule has 0 fully saturated rings. The fourth-order valence-electron chi connectivity index (χ4n) is 3.80. The first-order valence-electron chi connectivity index (χ1n) is 10.7. The van der Waals surface area contributed by atoms with Crippen molar-refractivity contribution in [1.29, 1.82) is 0 Å². The van der Waals surface area contributed by atoms with Crippen molar-refractivity contribution in [3.63, 3.8) is 0 Å². The Labute approximate surface area is 199 Å². The number of amides is 1. The molecule has 0 unspecified atom stereocenters. The molecule has 2 aromatic carbocycles. The molecule has 2 aromatic heterocycles. The van der Waals surface area contributed by atoms with Crippen molar-refractivity contribution in [1.82, 2.24) is 4.98 Å². The Morgan fingerprint density at radius 2 is 1.71 bits per heavy atom. The highest BCUT2D eigenvalue weighted by Crippen LogP contribution is 2.43. The number of hydrogen-bond acceptors (Lipinski definition) is 5. The second kappa shape index (κ2) is 9.34. The number of carbonyl (C=O) groups is 1. The molecule has 0 aliphatic rings. The van der Waals surface area contributed by atoms with Gasteiger partial charge in [0.25, 0.3) is 5.91 Å². The van der Waals surface area contributed by atoms with Crippen molar-refractivity contribution < 1.29 is 18.0 Å². The van der Waals surface area contributed by atoms with E-state index in [0.29, 0.717) is 11.3 Å². The van der Waals surface area contributed by atoms with Crippen LogP contribution in [0, 0.1) is 0 Å². The topological polar surface area (TPSA) is 71.2 Å². The Balaban J connectivity index is 1.72. The smallest absolute Gasteiger partial charge is 0.397 e. The number of nitrogens with two attached hydrogens (primary N) is 1. The zero-order chi connectivity index (χ0) is 24.5. The van der Waals surface area contributed by atoms with Crippen molar-refractivity contribution >= 4 is 44.5 Å². The average Bonchev–Trinajstić information content (AvgIpc) is 3.16. The summed E-state index contributed by atoms with van der Waals surface area (Å²) >= 11 is 0.849. The summed E-state index contributed by atoms with van der Waals surface area (Å²) in [5.41, 5.74) is 7.19. The molecule has 0 saturated heterocycles. The van der Waals surface area contributed by atoms with Crippen LogP contribution < -0.4 is 16.0 Å². The molecule has 1 amide bonds. The highest BCUT2D eigenvalue weighted by molar-refractivity contribution is 7.21. The number of alkyl halides is 3. The quantitative estimate of drug-likeness (QED) is 0.321. The molecule has 5 nitrogen and oxygen atoms in total. The van der Waals surface area contributed by atoms with Crippen molar-refractivity contribution in [2.75, 3.05) is 29.0 Å². The zero-order valence-electron chi connectivity index (χ0n) is 18.6. The first-order chi connectivity index (χ1) is 16.2. The van der Waals surface area contributed by atoms with Crippen LogP contribution in [0.1, 0.15) is 29.1 Å². The molecule has 0 spiro atoms. The number of rotatable bonds is 6. The summed E-state index contributed by atoms with van der Waals surface area (Å²) in [5.74, 6) is -0.578. The third-order valence-electron chi connectivity index (χ3n) is 5.53. The lowest BCUT2D eigenvalue weighted by Crippen LogP contribution is -2.21. The van der Waals surface area contributed by atoms with Gasteiger partial charge >= 0.3 is 6.18 Å². The number of nitrogen functional groups attached to an aromatic ring is 1. The summed E-state index contributed by atoms with van der Waals surface area (Å²) in [6, 6.07) is 16.8. The number of nitrogens with zero attached hydrogens (tertiary/aromatic N) is 2. The predicted molar refractivity (Wildman–Crippen MR) is 132 cm³/mol. The van der Waals surface area contributed by atoms with Gasteiger partial charge in [-0.3, -0.25) is 4.79 Å². The van der Waals surface area contributed by atoms with Gasteiger partial charge in [0.2, 0.25) is 0 Å². The van der Waals surface area contributed by atoms with Gasteiger partial charge in [-0.05, 0) is 44.2 Å². The molecule has 176 valence electrons. The van der Waals surface area contributed by atoms with Gasteiger partial charge in [-0.2, -0.15) is 13.2 Å². The molecule has 2 heterocycles. The molecular weight excluding hydrogens is 461 g/mol. The molecule has 0 aliphatic heterocycles. The van der Waals surface area contributed by atoms with Gasteiger partial charge < -0.3 is 16.0 Å². The molecule has 0 aliphatic carbocycles. The summed E-state index contributed by atoms with van der Waals surface area (Å²) in [4.78, 5) is 19.6. The van der Waals surface area contributed by atoms with E-state index in [9.17, 15) is 18.0 Å². The van der Waals surface area contributed by atoms with E-state index in [2.05, 4.69) is 29.0 Å². The molecule has 0 bridgehead atoms. The minimum atomic E-state index is -4.66. The van der Waals surface area contributed by atoms with E-state index >= 15 is 0 Å². The second-order valence-corrected chi connectivity index (χ2v) is 8.62. The van der Waals surface area contributed by atoms with Crippen molar-refractivity contribution in [3.05, 3.63) is 71.1 Å². The molecule has 34 heavy (non-hydrogen) atoms. The monoisotopic (exact) mass is 484 g/mol. The van der Waals surface area contributed by atoms with E-state index in [1.54, 1.807) is 42.5 Å². The molecule has 4 rings (SSSR count). The molecule has 4 aromatic rings. The van der Waals surface area contributed by atoms with Gasteiger partial charge in [0.05, 0.1) is 16.9 Å². The van der Waals surface area contributed by atoms with Gasteiger partial charge in [-0.15, -0.1) is 11.3 Å². The SMILES string of the molecule is CCN(CC)c1ccc(NC(=O)c2sc3nc(-c4ccccc4)cc(C(F)(F)F)c3c2N)cc1. The third kappa shape index (κ3) is 4.56. The van der Waals surface area contributed by atoms with Crippen LogP contribution in [0.5, 0.6) is 0 Å². The van der Waals surface area contributed by atoms with Crippen LogP contribution in [0.3, 0.4) is 0 Å². The Kier molecular flexibility index (Phi) is 6.47.